The van der Waals surface area contributed by atoms with Gasteiger partial charge in [-0.25, -0.2) is 4.98 Å². The number of hydrogen-bond donors (Lipinski definition) is 1. The number of benzene rings is 1. The number of aromatic nitrogens is 5. The van der Waals surface area contributed by atoms with E-state index in [1.165, 1.54) is 11.3 Å². The Morgan fingerprint density at radius 1 is 0.971 bits per heavy atom. The van der Waals surface area contributed by atoms with Crippen LogP contribution >= 0.6 is 11.3 Å². The number of anilines is 1. The summed E-state index contributed by atoms with van der Waals surface area (Å²) >= 11 is 1.41. The zero-order valence-corrected chi connectivity index (χ0v) is 20.0. The largest absolute Gasteiger partial charge is 0.300 e. The molecule has 0 aliphatic heterocycles. The van der Waals surface area contributed by atoms with Crippen molar-refractivity contribution in [3.63, 3.8) is 0 Å². The molecule has 7 nitrogen and oxygen atoms in total. The molecule has 170 valence electrons. The van der Waals surface area contributed by atoms with E-state index in [9.17, 15) is 4.79 Å². The fourth-order valence-corrected chi connectivity index (χ4v) is 4.45. The molecule has 0 aliphatic rings. The van der Waals surface area contributed by atoms with Crippen LogP contribution in [0.2, 0.25) is 0 Å². The van der Waals surface area contributed by atoms with Crippen molar-refractivity contribution in [3.8, 4) is 22.4 Å². The summed E-state index contributed by atoms with van der Waals surface area (Å²) in [4.78, 5) is 21.2. The van der Waals surface area contributed by atoms with Crippen molar-refractivity contribution >= 4 is 28.0 Å². The van der Waals surface area contributed by atoms with E-state index in [0.717, 1.165) is 38.6 Å². The highest BCUT2D eigenvalue weighted by atomic mass is 32.1. The Balaban J connectivity index is 1.29. The third-order valence-electron chi connectivity index (χ3n) is 5.45. The van der Waals surface area contributed by atoms with Crippen molar-refractivity contribution in [3.05, 3.63) is 83.9 Å². The van der Waals surface area contributed by atoms with Gasteiger partial charge in [0, 0.05) is 29.6 Å². The zero-order chi connectivity index (χ0) is 23.7. The Hall–Kier alpha value is -3.91. The summed E-state index contributed by atoms with van der Waals surface area (Å²) in [7, 11) is 0. The number of hydrogen-bond acceptors (Lipinski definition) is 6. The van der Waals surface area contributed by atoms with Crippen molar-refractivity contribution < 1.29 is 4.79 Å². The number of carbonyl (C=O) groups excluding carboxylic acids is 1. The fourth-order valence-electron chi connectivity index (χ4n) is 3.64. The van der Waals surface area contributed by atoms with Crippen molar-refractivity contribution in [2.24, 2.45) is 0 Å². The van der Waals surface area contributed by atoms with Crippen LogP contribution < -0.4 is 5.32 Å². The summed E-state index contributed by atoms with van der Waals surface area (Å²) in [6.45, 7) is 6.22. The van der Waals surface area contributed by atoms with Gasteiger partial charge in [0.05, 0.1) is 18.3 Å². The minimum absolute atomic E-state index is 0.0884. The molecule has 1 N–H and O–H groups in total. The third kappa shape index (κ3) is 4.58. The summed E-state index contributed by atoms with van der Waals surface area (Å²) in [5.74, 6) is -0.109. The standard InChI is InChI=1S/C26H24N6OS/c1-26(2,3)24-30-31-25(34-24)29-23(33)14-17-4-6-19(7-5-17)21-16-28-22-15-20(10-13-32(21)22)18-8-11-27-12-9-18/h4-13,15-16H,14H2,1-3H3,(H,29,31,33). The Kier molecular flexibility index (Phi) is 5.67. The van der Waals surface area contributed by atoms with Gasteiger partial charge < -0.3 is 5.32 Å². The van der Waals surface area contributed by atoms with Crippen LogP contribution in [0.5, 0.6) is 0 Å². The molecule has 1 amide bonds. The molecule has 0 radical (unpaired) electrons. The molecule has 4 heterocycles. The molecule has 0 fully saturated rings. The van der Waals surface area contributed by atoms with E-state index in [2.05, 4.69) is 62.8 Å². The lowest BCUT2D eigenvalue weighted by Gasteiger charge is -2.12. The molecular formula is C26H24N6OS. The molecule has 0 atom stereocenters. The second kappa shape index (κ2) is 8.79. The van der Waals surface area contributed by atoms with Crippen LogP contribution in [0.25, 0.3) is 28.0 Å². The van der Waals surface area contributed by atoms with Crippen LogP contribution in [-0.4, -0.2) is 30.5 Å². The van der Waals surface area contributed by atoms with Gasteiger partial charge in [0.15, 0.2) is 0 Å². The maximum Gasteiger partial charge on any atom is 0.230 e. The summed E-state index contributed by atoms with van der Waals surface area (Å²) in [6.07, 6.45) is 7.75. The monoisotopic (exact) mass is 468 g/mol. The number of amides is 1. The minimum Gasteiger partial charge on any atom is -0.300 e. The van der Waals surface area contributed by atoms with Crippen molar-refractivity contribution in [2.45, 2.75) is 32.6 Å². The topological polar surface area (TPSA) is 85.1 Å². The highest BCUT2D eigenvalue weighted by molar-refractivity contribution is 7.15. The Bertz CT molecular complexity index is 1450. The molecule has 1 aromatic carbocycles. The van der Waals surface area contributed by atoms with Gasteiger partial charge in [-0.2, -0.15) is 0 Å². The van der Waals surface area contributed by atoms with Crippen LogP contribution in [0.15, 0.2) is 73.3 Å². The highest BCUT2D eigenvalue weighted by Crippen LogP contribution is 2.28. The molecule has 0 bridgehead atoms. The van der Waals surface area contributed by atoms with Crippen LogP contribution in [0.3, 0.4) is 0 Å². The smallest absolute Gasteiger partial charge is 0.230 e. The molecule has 5 rings (SSSR count). The van der Waals surface area contributed by atoms with Crippen LogP contribution in [0.1, 0.15) is 31.3 Å². The Morgan fingerprint density at radius 2 is 1.74 bits per heavy atom. The molecular weight excluding hydrogens is 444 g/mol. The summed E-state index contributed by atoms with van der Waals surface area (Å²) in [5, 5.41) is 12.6. The van der Waals surface area contributed by atoms with Crippen molar-refractivity contribution in [1.29, 1.82) is 0 Å². The van der Waals surface area contributed by atoms with Gasteiger partial charge in [-0.1, -0.05) is 56.4 Å². The van der Waals surface area contributed by atoms with Gasteiger partial charge in [0.25, 0.3) is 0 Å². The molecule has 0 saturated carbocycles. The van der Waals surface area contributed by atoms with Gasteiger partial charge in [-0.3, -0.25) is 14.2 Å². The van der Waals surface area contributed by atoms with Gasteiger partial charge in [-0.15, -0.1) is 10.2 Å². The minimum atomic E-state index is -0.109. The molecule has 4 aromatic heterocycles. The average molecular weight is 469 g/mol. The number of nitrogens with zero attached hydrogens (tertiary/aromatic N) is 5. The molecule has 0 spiro atoms. The first-order valence-corrected chi connectivity index (χ1v) is 11.8. The lowest BCUT2D eigenvalue weighted by molar-refractivity contribution is -0.115. The van der Waals surface area contributed by atoms with Gasteiger partial charge >= 0.3 is 0 Å². The van der Waals surface area contributed by atoms with Gasteiger partial charge in [0.1, 0.15) is 10.7 Å². The molecule has 34 heavy (non-hydrogen) atoms. The SMILES string of the molecule is CC(C)(C)c1nnc(NC(=O)Cc2ccc(-c3cnc4cc(-c5ccncc5)ccn34)cc2)s1. The van der Waals surface area contributed by atoms with Crippen molar-refractivity contribution in [2.75, 3.05) is 5.32 Å². The number of rotatable bonds is 5. The van der Waals surface area contributed by atoms with E-state index in [-0.39, 0.29) is 17.7 Å². The lowest BCUT2D eigenvalue weighted by Crippen LogP contribution is -2.14. The lowest BCUT2D eigenvalue weighted by atomic mass is 9.98. The van der Waals surface area contributed by atoms with E-state index in [4.69, 9.17) is 0 Å². The second-order valence-corrected chi connectivity index (χ2v) is 10.1. The summed E-state index contributed by atoms with van der Waals surface area (Å²) in [5.41, 5.74) is 5.94. The van der Waals surface area contributed by atoms with Crippen molar-refractivity contribution in [1.82, 2.24) is 24.6 Å². The third-order valence-corrected chi connectivity index (χ3v) is 6.72. The summed E-state index contributed by atoms with van der Waals surface area (Å²) < 4.78 is 2.06. The van der Waals surface area contributed by atoms with E-state index in [1.54, 1.807) is 12.4 Å². The molecule has 0 aliphatic carbocycles. The number of pyridine rings is 2. The van der Waals surface area contributed by atoms with Crippen LogP contribution in [0.4, 0.5) is 5.13 Å². The number of imidazole rings is 1. The van der Waals surface area contributed by atoms with E-state index >= 15 is 0 Å². The van der Waals surface area contributed by atoms with E-state index in [1.807, 2.05) is 48.8 Å². The predicted octanol–water partition coefficient (Wildman–Crippen LogP) is 5.39. The number of carbonyl (C=O) groups is 1. The first-order chi connectivity index (χ1) is 16.4. The van der Waals surface area contributed by atoms with E-state index < -0.39 is 0 Å². The Labute approximate surface area is 201 Å². The second-order valence-electron chi connectivity index (χ2n) is 9.11. The first kappa shape index (κ1) is 21.9. The molecule has 0 unspecified atom stereocenters. The fraction of sp³-hybridized carbons (Fsp3) is 0.192. The molecule has 8 heteroatoms. The average Bonchev–Trinajstić information content (AvgIpc) is 3.47. The number of nitrogens with one attached hydrogen (secondary N) is 1. The zero-order valence-electron chi connectivity index (χ0n) is 19.2. The molecule has 5 aromatic rings. The van der Waals surface area contributed by atoms with Crippen LogP contribution in [-0.2, 0) is 16.6 Å². The maximum atomic E-state index is 12.5. The quantitative estimate of drug-likeness (QED) is 0.374. The molecule has 0 saturated heterocycles. The van der Waals surface area contributed by atoms with E-state index in [0.29, 0.717) is 5.13 Å². The highest BCUT2D eigenvalue weighted by Gasteiger charge is 2.20. The number of fused-ring (bicyclic) bond motifs is 1. The van der Waals surface area contributed by atoms with Gasteiger partial charge in [-0.05, 0) is 41.0 Å². The van der Waals surface area contributed by atoms with Crippen LogP contribution in [0, 0.1) is 0 Å². The normalized spacial score (nSPS) is 11.6. The summed E-state index contributed by atoms with van der Waals surface area (Å²) in [6, 6.07) is 16.1. The Morgan fingerprint density at radius 3 is 2.44 bits per heavy atom. The first-order valence-electron chi connectivity index (χ1n) is 11.0. The predicted molar refractivity (Wildman–Crippen MR) is 135 cm³/mol. The maximum absolute atomic E-state index is 12.5. The van der Waals surface area contributed by atoms with Gasteiger partial charge in [0.2, 0.25) is 11.0 Å².